The van der Waals surface area contributed by atoms with Gasteiger partial charge in [0, 0.05) is 43.4 Å². The molecule has 0 spiro atoms. The maximum atomic E-state index is 13.3. The molecule has 218 valence electrons. The first kappa shape index (κ1) is 30.2. The minimum atomic E-state index is -0.643. The summed E-state index contributed by atoms with van der Waals surface area (Å²) in [6.07, 6.45) is 1.98. The van der Waals surface area contributed by atoms with Crippen molar-refractivity contribution in [3.8, 4) is 0 Å². The number of rotatable bonds is 7. The molecule has 3 aliphatic carbocycles. The second-order valence-corrected chi connectivity index (χ2v) is 13.6. The summed E-state index contributed by atoms with van der Waals surface area (Å²) >= 11 is 1.68. The van der Waals surface area contributed by atoms with Crippen LogP contribution < -0.4 is 0 Å². The van der Waals surface area contributed by atoms with Gasteiger partial charge in [0.15, 0.2) is 5.78 Å². The van der Waals surface area contributed by atoms with E-state index < -0.39 is 41.1 Å². The number of hydrogen-bond donors (Lipinski definition) is 0. The molecule has 40 heavy (non-hydrogen) atoms. The van der Waals surface area contributed by atoms with Gasteiger partial charge in [0.25, 0.3) is 0 Å². The molecule has 0 N–H and O–H groups in total. The van der Waals surface area contributed by atoms with Crippen LogP contribution in [0.25, 0.3) is 0 Å². The number of carbonyl (C=O) groups excluding carboxylic acids is 4. The molecule has 0 aromatic carbocycles. The molecule has 7 nitrogen and oxygen atoms in total. The van der Waals surface area contributed by atoms with E-state index in [0.29, 0.717) is 43.3 Å². The van der Waals surface area contributed by atoms with Crippen LogP contribution in [0, 0.1) is 22.7 Å². The van der Waals surface area contributed by atoms with E-state index in [1.54, 1.807) is 11.3 Å². The first-order valence-corrected chi connectivity index (χ1v) is 15.1. The average Bonchev–Trinajstić information content (AvgIpc) is 3.35. The van der Waals surface area contributed by atoms with Crippen LogP contribution in [0.1, 0.15) is 84.9 Å². The van der Waals surface area contributed by atoms with Crippen LogP contribution in [0.2, 0.25) is 0 Å². The van der Waals surface area contributed by atoms with Crippen LogP contribution >= 0.6 is 11.3 Å². The van der Waals surface area contributed by atoms with Gasteiger partial charge in [-0.1, -0.05) is 33.4 Å². The molecule has 3 aliphatic rings. The van der Waals surface area contributed by atoms with Crippen molar-refractivity contribution in [2.24, 2.45) is 22.7 Å². The third-order valence-corrected chi connectivity index (χ3v) is 10.3. The lowest BCUT2D eigenvalue weighted by Crippen LogP contribution is -2.58. The summed E-state index contributed by atoms with van der Waals surface area (Å²) < 4.78 is 18.0. The van der Waals surface area contributed by atoms with Crippen molar-refractivity contribution >= 4 is 35.0 Å². The Hall–Kier alpha value is -2.74. The monoisotopic (exact) mass is 570 g/mol. The Morgan fingerprint density at radius 3 is 2.40 bits per heavy atom. The van der Waals surface area contributed by atoms with E-state index >= 15 is 0 Å². The summed E-state index contributed by atoms with van der Waals surface area (Å²) in [6, 6.07) is 4.06. The van der Waals surface area contributed by atoms with Gasteiger partial charge in [-0.05, 0) is 78.0 Å². The highest BCUT2D eigenvalue weighted by Gasteiger charge is 2.59. The van der Waals surface area contributed by atoms with Gasteiger partial charge in [-0.2, -0.15) is 0 Å². The number of ketones is 1. The molecule has 4 rings (SSSR count). The quantitative estimate of drug-likeness (QED) is 0.220. The van der Waals surface area contributed by atoms with Crippen LogP contribution in [-0.2, 0) is 39.8 Å². The fourth-order valence-corrected chi connectivity index (χ4v) is 8.28. The number of aryl methyl sites for hydroxylation is 1. The fourth-order valence-electron chi connectivity index (χ4n) is 7.53. The standard InChI is InChI=1S/C32H42O7S/c1-18-24(35)16-23-30(38-21(4)34)29-19(2)25(39-27(36)12-8-10-22-11-9-15-40-22)13-14-32(29,7)17-26(37-20(3)33)28(18)31(23,5)6/h9,11,15,23,25-26,29-30H,2,8,10,12-14,16-17H2,1,3-7H3/t23-,25-,26-,29-,30+,32-/m0/s1. The van der Waals surface area contributed by atoms with Crippen molar-refractivity contribution in [1.29, 1.82) is 0 Å². The van der Waals surface area contributed by atoms with Gasteiger partial charge < -0.3 is 14.2 Å². The normalized spacial score (nSPS) is 31.5. The Bertz CT molecular complexity index is 1210. The van der Waals surface area contributed by atoms with Gasteiger partial charge in [-0.15, -0.1) is 11.3 Å². The topological polar surface area (TPSA) is 96.0 Å². The number of Topliss-reactive ketones (excluding diaryl/α,β-unsaturated/α-hetero) is 1. The summed E-state index contributed by atoms with van der Waals surface area (Å²) in [7, 11) is 0. The molecule has 2 saturated carbocycles. The molecule has 1 aromatic heterocycles. The highest BCUT2D eigenvalue weighted by molar-refractivity contribution is 7.09. The zero-order chi connectivity index (χ0) is 29.4. The highest BCUT2D eigenvalue weighted by Crippen LogP contribution is 2.59. The second kappa shape index (κ2) is 11.6. The van der Waals surface area contributed by atoms with Gasteiger partial charge in [0.1, 0.15) is 18.3 Å². The number of fused-ring (bicyclic) bond motifs is 3. The molecule has 0 aliphatic heterocycles. The number of thiophene rings is 1. The van der Waals surface area contributed by atoms with E-state index in [2.05, 4.69) is 19.6 Å². The molecular formula is C32H42O7S. The molecule has 0 amide bonds. The van der Waals surface area contributed by atoms with E-state index in [9.17, 15) is 19.2 Å². The van der Waals surface area contributed by atoms with Gasteiger partial charge in [0.2, 0.25) is 0 Å². The van der Waals surface area contributed by atoms with Crippen molar-refractivity contribution < 1.29 is 33.4 Å². The molecule has 8 heteroatoms. The lowest BCUT2D eigenvalue weighted by Gasteiger charge is -2.57. The lowest BCUT2D eigenvalue weighted by atomic mass is 9.50. The Kier molecular flexibility index (Phi) is 8.79. The summed E-state index contributed by atoms with van der Waals surface area (Å²) in [4.78, 5) is 52.2. The molecule has 1 aromatic rings. The minimum Gasteiger partial charge on any atom is -0.462 e. The minimum absolute atomic E-state index is 0.0348. The first-order chi connectivity index (χ1) is 18.7. The molecule has 0 saturated heterocycles. The third kappa shape index (κ3) is 5.97. The number of allylic oxidation sites excluding steroid dienone is 1. The van der Waals surface area contributed by atoms with Crippen molar-refractivity contribution in [3.05, 3.63) is 45.7 Å². The number of esters is 3. The number of carbonyl (C=O) groups is 4. The lowest BCUT2D eigenvalue weighted by molar-refractivity contribution is -0.172. The van der Waals surface area contributed by atoms with Crippen molar-refractivity contribution in [3.63, 3.8) is 0 Å². The smallest absolute Gasteiger partial charge is 0.306 e. The summed E-state index contributed by atoms with van der Waals surface area (Å²) in [5.41, 5.74) is 1.07. The van der Waals surface area contributed by atoms with E-state index in [4.69, 9.17) is 14.2 Å². The Balaban J connectivity index is 1.67. The highest BCUT2D eigenvalue weighted by atomic mass is 32.1. The molecule has 2 bridgehead atoms. The van der Waals surface area contributed by atoms with Crippen LogP contribution in [0.15, 0.2) is 40.8 Å². The van der Waals surface area contributed by atoms with E-state index in [1.807, 2.05) is 32.2 Å². The zero-order valence-corrected chi connectivity index (χ0v) is 25.4. The van der Waals surface area contributed by atoms with Gasteiger partial charge >= 0.3 is 17.9 Å². The molecule has 6 atom stereocenters. The maximum Gasteiger partial charge on any atom is 0.306 e. The summed E-state index contributed by atoms with van der Waals surface area (Å²) in [5, 5.41) is 2.03. The van der Waals surface area contributed by atoms with Gasteiger partial charge in [0.05, 0.1) is 0 Å². The van der Waals surface area contributed by atoms with Crippen molar-refractivity contribution in [2.45, 2.75) is 105 Å². The van der Waals surface area contributed by atoms with Gasteiger partial charge in [-0.3, -0.25) is 19.2 Å². The molecule has 0 unspecified atom stereocenters. The second-order valence-electron chi connectivity index (χ2n) is 12.5. The largest absolute Gasteiger partial charge is 0.462 e. The van der Waals surface area contributed by atoms with Crippen LogP contribution in [0.5, 0.6) is 0 Å². The SMILES string of the molecule is C=C1[C@@H](OC(=O)CCCc2cccs2)CC[C@@]2(C)C[C@H](OC(C)=O)C3=C(C)C(=O)C[C@@H]([C@@H](OC(C)=O)[C@H]12)C3(C)C. The van der Waals surface area contributed by atoms with Crippen molar-refractivity contribution in [1.82, 2.24) is 0 Å². The Morgan fingerprint density at radius 2 is 1.77 bits per heavy atom. The first-order valence-electron chi connectivity index (χ1n) is 14.2. The van der Waals surface area contributed by atoms with E-state index in [1.165, 1.54) is 18.7 Å². The molecule has 2 fully saturated rings. The third-order valence-electron chi connectivity index (χ3n) is 9.36. The Morgan fingerprint density at radius 1 is 1.07 bits per heavy atom. The predicted molar refractivity (Wildman–Crippen MR) is 152 cm³/mol. The summed E-state index contributed by atoms with van der Waals surface area (Å²) in [6.45, 7) is 15.2. The Labute approximate surface area is 241 Å². The van der Waals surface area contributed by atoms with Crippen LogP contribution in [0.3, 0.4) is 0 Å². The van der Waals surface area contributed by atoms with Crippen molar-refractivity contribution in [2.75, 3.05) is 0 Å². The zero-order valence-electron chi connectivity index (χ0n) is 24.5. The predicted octanol–water partition coefficient (Wildman–Crippen LogP) is 6.15. The molecular weight excluding hydrogens is 528 g/mol. The van der Waals surface area contributed by atoms with Gasteiger partial charge in [-0.25, -0.2) is 0 Å². The van der Waals surface area contributed by atoms with E-state index in [-0.39, 0.29) is 30.0 Å². The molecule has 1 heterocycles. The molecule has 0 radical (unpaired) electrons. The fraction of sp³-hybridized carbons (Fsp3) is 0.625. The summed E-state index contributed by atoms with van der Waals surface area (Å²) in [5.74, 6) is -1.88. The van der Waals surface area contributed by atoms with E-state index in [0.717, 1.165) is 12.0 Å². The number of hydrogen-bond acceptors (Lipinski definition) is 8. The van der Waals surface area contributed by atoms with Crippen LogP contribution in [-0.4, -0.2) is 42.0 Å². The number of ether oxygens (including phenoxy) is 3. The maximum absolute atomic E-state index is 13.3. The average molecular weight is 571 g/mol. The van der Waals surface area contributed by atoms with Crippen LogP contribution in [0.4, 0.5) is 0 Å².